The molecule has 174 valence electrons. The Morgan fingerprint density at radius 2 is 1.65 bits per heavy atom. The van der Waals surface area contributed by atoms with E-state index < -0.39 is 0 Å². The summed E-state index contributed by atoms with van der Waals surface area (Å²) in [6, 6.07) is 25.1. The molecule has 34 heavy (non-hydrogen) atoms. The van der Waals surface area contributed by atoms with E-state index in [0.29, 0.717) is 11.5 Å². The maximum atomic E-state index is 13.2. The first-order valence-corrected chi connectivity index (χ1v) is 11.9. The van der Waals surface area contributed by atoms with Crippen LogP contribution in [0.15, 0.2) is 83.3 Å². The summed E-state index contributed by atoms with van der Waals surface area (Å²) in [5, 5.41) is 4.08. The van der Waals surface area contributed by atoms with Crippen LogP contribution in [0.4, 0.5) is 5.69 Å². The number of hydrogen-bond donors (Lipinski definition) is 1. The Labute approximate surface area is 200 Å². The summed E-state index contributed by atoms with van der Waals surface area (Å²) >= 11 is 0. The number of likely N-dealkylation sites (tertiary alicyclic amines) is 1. The number of para-hydroxylation sites is 2. The molecule has 1 unspecified atom stereocenters. The number of furan rings is 1. The van der Waals surface area contributed by atoms with E-state index >= 15 is 0 Å². The number of amides is 1. The normalized spacial score (nSPS) is 15.8. The Hall–Kier alpha value is -3.57. The van der Waals surface area contributed by atoms with Crippen LogP contribution in [0.25, 0.3) is 11.0 Å². The van der Waals surface area contributed by atoms with Crippen molar-refractivity contribution in [2.45, 2.75) is 25.8 Å². The number of piperidine rings is 1. The molecule has 1 aromatic heterocycles. The van der Waals surface area contributed by atoms with Crippen LogP contribution in [0.3, 0.4) is 0 Å². The van der Waals surface area contributed by atoms with E-state index in [4.69, 9.17) is 9.15 Å². The number of methoxy groups -OCH3 is 1. The summed E-state index contributed by atoms with van der Waals surface area (Å²) < 4.78 is 12.3. The van der Waals surface area contributed by atoms with Crippen LogP contribution in [0, 0.1) is 5.92 Å². The van der Waals surface area contributed by atoms with Crippen molar-refractivity contribution in [3.05, 3.63) is 95.7 Å². The number of hydrogen-bond acceptors (Lipinski definition) is 4. The standard InChI is InChI=1S/C29H30N2O3/c1-20-16-18-31(19-17-20)27(23-13-7-8-14-24(23)33-2)28-26(22-12-6-9-15-25(22)34-28)30-29(32)21-10-4-3-5-11-21/h3-15,20,27H,16-19H2,1-2H3,(H,30,32). The van der Waals surface area contributed by atoms with E-state index in [1.165, 1.54) is 0 Å². The van der Waals surface area contributed by atoms with Crippen LogP contribution < -0.4 is 10.1 Å². The molecule has 0 radical (unpaired) electrons. The summed E-state index contributed by atoms with van der Waals surface area (Å²) in [4.78, 5) is 15.7. The largest absolute Gasteiger partial charge is 0.496 e. The molecule has 1 amide bonds. The lowest BCUT2D eigenvalue weighted by atomic mass is 9.93. The van der Waals surface area contributed by atoms with E-state index in [9.17, 15) is 4.79 Å². The fourth-order valence-electron chi connectivity index (χ4n) is 4.84. The highest BCUT2D eigenvalue weighted by molar-refractivity contribution is 6.09. The Balaban J connectivity index is 1.65. The van der Waals surface area contributed by atoms with Crippen LogP contribution in [-0.2, 0) is 0 Å². The second-order valence-corrected chi connectivity index (χ2v) is 9.02. The molecule has 3 aromatic carbocycles. The average molecular weight is 455 g/mol. The molecule has 5 heteroatoms. The fourth-order valence-corrected chi connectivity index (χ4v) is 4.84. The minimum Gasteiger partial charge on any atom is -0.496 e. The van der Waals surface area contributed by atoms with Gasteiger partial charge in [-0.25, -0.2) is 0 Å². The van der Waals surface area contributed by atoms with E-state index in [2.05, 4.69) is 23.2 Å². The van der Waals surface area contributed by atoms with Crippen molar-refractivity contribution in [2.24, 2.45) is 5.92 Å². The highest BCUT2D eigenvalue weighted by Crippen LogP contribution is 2.44. The number of benzene rings is 3. The first kappa shape index (κ1) is 22.2. The molecule has 1 aliphatic rings. The van der Waals surface area contributed by atoms with E-state index in [-0.39, 0.29) is 11.9 Å². The molecule has 0 spiro atoms. The molecule has 2 heterocycles. The monoisotopic (exact) mass is 454 g/mol. The van der Waals surface area contributed by atoms with Gasteiger partial charge in [0.05, 0.1) is 18.8 Å². The first-order chi connectivity index (χ1) is 16.7. The minimum absolute atomic E-state index is 0.153. The maximum Gasteiger partial charge on any atom is 0.255 e. The molecule has 0 bridgehead atoms. The number of ether oxygens (including phenoxy) is 1. The molecule has 1 atom stereocenters. The quantitative estimate of drug-likeness (QED) is 0.361. The summed E-state index contributed by atoms with van der Waals surface area (Å²) in [5.74, 6) is 2.10. The number of carbonyl (C=O) groups excluding carboxylic acids is 1. The number of anilines is 1. The number of carbonyl (C=O) groups is 1. The van der Waals surface area contributed by atoms with Crippen molar-refractivity contribution in [1.29, 1.82) is 0 Å². The maximum absolute atomic E-state index is 13.2. The summed E-state index contributed by atoms with van der Waals surface area (Å²) in [6.07, 6.45) is 2.25. The lowest BCUT2D eigenvalue weighted by Crippen LogP contribution is -2.37. The van der Waals surface area contributed by atoms with Crippen LogP contribution in [0.2, 0.25) is 0 Å². The molecule has 4 aromatic rings. The number of nitrogens with one attached hydrogen (secondary N) is 1. The third kappa shape index (κ3) is 4.31. The van der Waals surface area contributed by atoms with Crippen LogP contribution >= 0.6 is 0 Å². The lowest BCUT2D eigenvalue weighted by Gasteiger charge is -2.36. The van der Waals surface area contributed by atoms with Crippen LogP contribution in [-0.4, -0.2) is 31.0 Å². The average Bonchev–Trinajstić information content (AvgIpc) is 3.24. The summed E-state index contributed by atoms with van der Waals surface area (Å²) in [6.45, 7) is 4.21. The molecular weight excluding hydrogens is 424 g/mol. The van der Waals surface area contributed by atoms with Crippen molar-refractivity contribution in [3.63, 3.8) is 0 Å². The van der Waals surface area contributed by atoms with E-state index in [1.807, 2.05) is 72.8 Å². The van der Waals surface area contributed by atoms with E-state index in [0.717, 1.165) is 59.7 Å². The zero-order valence-electron chi connectivity index (χ0n) is 19.7. The van der Waals surface area contributed by atoms with Crippen molar-refractivity contribution in [1.82, 2.24) is 4.90 Å². The smallest absolute Gasteiger partial charge is 0.255 e. The minimum atomic E-state index is -0.179. The summed E-state index contributed by atoms with van der Waals surface area (Å²) in [5.41, 5.74) is 3.12. The van der Waals surface area contributed by atoms with Gasteiger partial charge in [0.2, 0.25) is 0 Å². The predicted octanol–water partition coefficient (Wildman–Crippen LogP) is 6.52. The van der Waals surface area contributed by atoms with Gasteiger partial charge in [-0.05, 0) is 62.2 Å². The molecule has 1 saturated heterocycles. The molecule has 5 nitrogen and oxygen atoms in total. The molecular formula is C29H30N2O3. The Morgan fingerprint density at radius 1 is 0.971 bits per heavy atom. The predicted molar refractivity (Wildman–Crippen MR) is 135 cm³/mol. The molecule has 5 rings (SSSR count). The Bertz CT molecular complexity index is 1270. The lowest BCUT2D eigenvalue weighted by molar-refractivity contribution is 0.102. The van der Waals surface area contributed by atoms with Crippen molar-refractivity contribution in [2.75, 3.05) is 25.5 Å². The Kier molecular flexibility index (Phi) is 6.37. The van der Waals surface area contributed by atoms with Gasteiger partial charge in [-0.2, -0.15) is 0 Å². The zero-order valence-corrected chi connectivity index (χ0v) is 19.7. The second-order valence-electron chi connectivity index (χ2n) is 9.02. The van der Waals surface area contributed by atoms with Crippen molar-refractivity contribution < 1.29 is 13.9 Å². The first-order valence-electron chi connectivity index (χ1n) is 11.9. The molecule has 1 N–H and O–H groups in total. The zero-order chi connectivity index (χ0) is 23.5. The van der Waals surface area contributed by atoms with Gasteiger partial charge in [-0.1, -0.05) is 55.5 Å². The highest BCUT2D eigenvalue weighted by atomic mass is 16.5. The van der Waals surface area contributed by atoms with Gasteiger partial charge < -0.3 is 14.5 Å². The van der Waals surface area contributed by atoms with Crippen molar-refractivity contribution in [3.8, 4) is 5.75 Å². The highest BCUT2D eigenvalue weighted by Gasteiger charge is 2.34. The van der Waals surface area contributed by atoms with Gasteiger partial charge in [0, 0.05) is 16.5 Å². The van der Waals surface area contributed by atoms with Gasteiger partial charge in [0.1, 0.15) is 11.3 Å². The van der Waals surface area contributed by atoms with Gasteiger partial charge in [-0.15, -0.1) is 0 Å². The Morgan fingerprint density at radius 3 is 2.41 bits per heavy atom. The van der Waals surface area contributed by atoms with Crippen molar-refractivity contribution >= 4 is 22.6 Å². The van der Waals surface area contributed by atoms with Crippen LogP contribution in [0.1, 0.15) is 47.5 Å². The van der Waals surface area contributed by atoms with Gasteiger partial charge in [0.25, 0.3) is 5.91 Å². The topological polar surface area (TPSA) is 54.7 Å². The van der Waals surface area contributed by atoms with Gasteiger partial charge in [0.15, 0.2) is 5.76 Å². The molecule has 1 fully saturated rings. The van der Waals surface area contributed by atoms with E-state index in [1.54, 1.807) is 7.11 Å². The SMILES string of the molecule is COc1ccccc1C(c1oc2ccccc2c1NC(=O)c1ccccc1)N1CCC(C)CC1. The number of nitrogens with zero attached hydrogens (tertiary/aromatic N) is 1. The van der Waals surface area contributed by atoms with Gasteiger partial charge >= 0.3 is 0 Å². The van der Waals surface area contributed by atoms with Gasteiger partial charge in [-0.3, -0.25) is 9.69 Å². The molecule has 0 aliphatic carbocycles. The molecule has 0 saturated carbocycles. The second kappa shape index (κ2) is 9.74. The number of rotatable bonds is 6. The fraction of sp³-hybridized carbons (Fsp3) is 0.276. The third-order valence-electron chi connectivity index (χ3n) is 6.76. The van der Waals surface area contributed by atoms with Crippen LogP contribution in [0.5, 0.6) is 5.75 Å². The third-order valence-corrected chi connectivity index (χ3v) is 6.76. The number of fused-ring (bicyclic) bond motifs is 1. The molecule has 1 aliphatic heterocycles. The summed E-state index contributed by atoms with van der Waals surface area (Å²) in [7, 11) is 1.70.